The van der Waals surface area contributed by atoms with Crippen LogP contribution >= 0.6 is 0 Å². The van der Waals surface area contributed by atoms with Crippen LogP contribution in [-0.4, -0.2) is 52.8 Å². The maximum Gasteiger partial charge on any atom is 0.253 e. The van der Waals surface area contributed by atoms with E-state index < -0.39 is 0 Å². The summed E-state index contributed by atoms with van der Waals surface area (Å²) in [6.07, 6.45) is 4.07. The molecular formula is C21H28N4O2. The van der Waals surface area contributed by atoms with E-state index in [4.69, 9.17) is 0 Å². The number of rotatable bonds is 7. The van der Waals surface area contributed by atoms with E-state index in [2.05, 4.69) is 21.3 Å². The van der Waals surface area contributed by atoms with E-state index in [1.54, 1.807) is 17.0 Å². The van der Waals surface area contributed by atoms with Crippen molar-refractivity contribution in [2.24, 2.45) is 0 Å². The molecule has 1 aromatic heterocycles. The molecule has 0 bridgehead atoms. The Hall–Kier alpha value is -2.60. The van der Waals surface area contributed by atoms with Gasteiger partial charge in [-0.3, -0.25) is 14.5 Å². The molecule has 1 saturated heterocycles. The monoisotopic (exact) mass is 368 g/mol. The smallest absolute Gasteiger partial charge is 0.253 e. The number of likely N-dealkylation sites (tertiary alicyclic amines) is 1. The number of carbonyl (C=O) groups is 2. The summed E-state index contributed by atoms with van der Waals surface area (Å²) in [7, 11) is 0. The number of anilines is 1. The second-order valence-electron chi connectivity index (χ2n) is 6.86. The Labute approximate surface area is 160 Å². The van der Waals surface area contributed by atoms with Crippen LogP contribution in [0.4, 0.5) is 5.69 Å². The molecule has 27 heavy (non-hydrogen) atoms. The van der Waals surface area contributed by atoms with Crippen molar-refractivity contribution in [2.75, 3.05) is 31.5 Å². The third kappa shape index (κ3) is 4.57. The molecule has 2 N–H and O–H groups in total. The van der Waals surface area contributed by atoms with Gasteiger partial charge in [0.25, 0.3) is 5.91 Å². The van der Waals surface area contributed by atoms with Crippen molar-refractivity contribution in [2.45, 2.75) is 32.7 Å². The molecule has 1 aliphatic heterocycles. The van der Waals surface area contributed by atoms with Gasteiger partial charge in [0, 0.05) is 36.2 Å². The third-order valence-corrected chi connectivity index (χ3v) is 5.14. The fourth-order valence-corrected chi connectivity index (χ4v) is 3.73. The molecule has 0 spiro atoms. The Morgan fingerprint density at radius 1 is 1.22 bits per heavy atom. The first-order valence-electron chi connectivity index (χ1n) is 9.69. The van der Waals surface area contributed by atoms with Crippen LogP contribution in [0.1, 0.15) is 48.8 Å². The summed E-state index contributed by atoms with van der Waals surface area (Å²) >= 11 is 0. The van der Waals surface area contributed by atoms with Gasteiger partial charge in [-0.1, -0.05) is 6.07 Å². The first-order chi connectivity index (χ1) is 13.1. The first kappa shape index (κ1) is 19.2. The van der Waals surface area contributed by atoms with E-state index in [0.29, 0.717) is 30.9 Å². The summed E-state index contributed by atoms with van der Waals surface area (Å²) in [5, 5.41) is 2.94. The highest BCUT2D eigenvalue weighted by atomic mass is 16.2. The Morgan fingerprint density at radius 2 is 2.04 bits per heavy atom. The quantitative estimate of drug-likeness (QED) is 0.788. The van der Waals surface area contributed by atoms with Crippen LogP contribution in [0.2, 0.25) is 0 Å². The van der Waals surface area contributed by atoms with Gasteiger partial charge in [-0.15, -0.1) is 0 Å². The Bertz CT molecular complexity index is 768. The van der Waals surface area contributed by atoms with Crippen molar-refractivity contribution >= 4 is 17.5 Å². The lowest BCUT2D eigenvalue weighted by atomic mass is 10.1. The Balaban J connectivity index is 1.63. The van der Waals surface area contributed by atoms with Gasteiger partial charge >= 0.3 is 0 Å². The number of H-pyrrole nitrogens is 1. The molecule has 0 radical (unpaired) electrons. The molecule has 2 aromatic rings. The molecule has 2 heterocycles. The van der Waals surface area contributed by atoms with Gasteiger partial charge in [0.1, 0.15) is 0 Å². The molecule has 0 aliphatic carbocycles. The minimum atomic E-state index is -0.0547. The zero-order valence-corrected chi connectivity index (χ0v) is 16.1. The van der Waals surface area contributed by atoms with Gasteiger partial charge in [-0.2, -0.15) is 0 Å². The molecule has 1 aromatic carbocycles. The number of carbonyl (C=O) groups excluding carboxylic acids is 2. The second-order valence-corrected chi connectivity index (χ2v) is 6.86. The van der Waals surface area contributed by atoms with Gasteiger partial charge in [0.15, 0.2) is 0 Å². The van der Waals surface area contributed by atoms with Crippen molar-refractivity contribution in [3.63, 3.8) is 0 Å². The van der Waals surface area contributed by atoms with Gasteiger partial charge in [0.05, 0.1) is 12.6 Å². The van der Waals surface area contributed by atoms with Crippen LogP contribution in [0.3, 0.4) is 0 Å². The highest BCUT2D eigenvalue weighted by molar-refractivity contribution is 5.97. The maximum absolute atomic E-state index is 12.6. The van der Waals surface area contributed by atoms with Crippen molar-refractivity contribution in [3.8, 4) is 0 Å². The van der Waals surface area contributed by atoms with Crippen LogP contribution in [0.5, 0.6) is 0 Å². The number of nitrogens with one attached hydrogen (secondary N) is 2. The maximum atomic E-state index is 12.6. The Morgan fingerprint density at radius 3 is 2.74 bits per heavy atom. The average molecular weight is 368 g/mol. The molecule has 0 saturated carbocycles. The van der Waals surface area contributed by atoms with E-state index in [0.717, 1.165) is 25.1 Å². The van der Waals surface area contributed by atoms with Crippen LogP contribution < -0.4 is 5.32 Å². The van der Waals surface area contributed by atoms with Crippen molar-refractivity contribution in [1.82, 2.24) is 14.8 Å². The molecular weight excluding hydrogens is 340 g/mol. The molecule has 144 valence electrons. The van der Waals surface area contributed by atoms with Gasteiger partial charge in [-0.25, -0.2) is 0 Å². The molecule has 1 unspecified atom stereocenters. The third-order valence-electron chi connectivity index (χ3n) is 5.14. The highest BCUT2D eigenvalue weighted by Crippen LogP contribution is 2.30. The fraction of sp³-hybridized carbons (Fsp3) is 0.429. The number of aromatic amines is 1. The zero-order valence-electron chi connectivity index (χ0n) is 16.1. The topological polar surface area (TPSA) is 68.4 Å². The SMILES string of the molecule is CCN(CC)C(=O)c1cccc(NC(=O)CN2CCCC2c2ccc[nH]2)c1. The fourth-order valence-electron chi connectivity index (χ4n) is 3.73. The molecule has 1 fully saturated rings. The highest BCUT2D eigenvalue weighted by Gasteiger charge is 2.28. The summed E-state index contributed by atoms with van der Waals surface area (Å²) < 4.78 is 0. The van der Waals surface area contributed by atoms with Crippen LogP contribution in [0, 0.1) is 0 Å². The van der Waals surface area contributed by atoms with Crippen molar-refractivity contribution in [3.05, 3.63) is 53.9 Å². The number of hydrogen-bond donors (Lipinski definition) is 2. The molecule has 1 atom stereocenters. The Kier molecular flexibility index (Phi) is 6.29. The molecule has 1 aliphatic rings. The van der Waals surface area contributed by atoms with E-state index in [-0.39, 0.29) is 17.9 Å². The standard InChI is InChI=1S/C21H28N4O2/c1-3-24(4-2)21(27)16-8-5-9-17(14-16)23-20(26)15-25-13-7-11-19(25)18-10-6-12-22-18/h5-6,8-10,12,14,19,22H,3-4,7,11,13,15H2,1-2H3,(H,23,26). The van der Waals surface area contributed by atoms with Crippen LogP contribution in [0.25, 0.3) is 0 Å². The molecule has 2 amide bonds. The summed E-state index contributed by atoms with van der Waals surface area (Å²) in [5.74, 6) is -0.0663. The molecule has 6 nitrogen and oxygen atoms in total. The lowest BCUT2D eigenvalue weighted by Gasteiger charge is -2.23. The summed E-state index contributed by atoms with van der Waals surface area (Å²) in [6, 6.07) is 11.5. The number of aromatic nitrogens is 1. The first-order valence-corrected chi connectivity index (χ1v) is 9.69. The predicted molar refractivity (Wildman–Crippen MR) is 107 cm³/mol. The minimum absolute atomic E-state index is 0.0116. The van der Waals surface area contributed by atoms with Gasteiger partial charge in [0.2, 0.25) is 5.91 Å². The largest absolute Gasteiger partial charge is 0.364 e. The van der Waals surface area contributed by atoms with E-state index in [1.807, 2.05) is 38.2 Å². The number of benzene rings is 1. The van der Waals surface area contributed by atoms with Crippen LogP contribution in [-0.2, 0) is 4.79 Å². The average Bonchev–Trinajstić information content (AvgIpc) is 3.34. The number of nitrogens with zero attached hydrogens (tertiary/aromatic N) is 2. The van der Waals surface area contributed by atoms with Crippen molar-refractivity contribution < 1.29 is 9.59 Å². The molecule has 3 rings (SSSR count). The van der Waals surface area contributed by atoms with Gasteiger partial charge < -0.3 is 15.2 Å². The van der Waals surface area contributed by atoms with E-state index in [1.165, 1.54) is 0 Å². The molecule has 6 heteroatoms. The lowest BCUT2D eigenvalue weighted by molar-refractivity contribution is -0.117. The zero-order chi connectivity index (χ0) is 19.2. The van der Waals surface area contributed by atoms with E-state index >= 15 is 0 Å². The van der Waals surface area contributed by atoms with Crippen LogP contribution in [0.15, 0.2) is 42.6 Å². The number of hydrogen-bond acceptors (Lipinski definition) is 3. The normalized spacial score (nSPS) is 17.0. The summed E-state index contributed by atoms with van der Waals surface area (Å²) in [6.45, 7) is 6.52. The summed E-state index contributed by atoms with van der Waals surface area (Å²) in [5.41, 5.74) is 2.42. The van der Waals surface area contributed by atoms with Gasteiger partial charge in [-0.05, 0) is 63.6 Å². The lowest BCUT2D eigenvalue weighted by Crippen LogP contribution is -2.33. The van der Waals surface area contributed by atoms with E-state index in [9.17, 15) is 9.59 Å². The predicted octanol–water partition coefficient (Wildman–Crippen LogP) is 3.27. The summed E-state index contributed by atoms with van der Waals surface area (Å²) in [4.78, 5) is 32.3. The minimum Gasteiger partial charge on any atom is -0.364 e. The number of amides is 2. The second kappa shape index (κ2) is 8.86. The van der Waals surface area contributed by atoms with Crippen molar-refractivity contribution in [1.29, 1.82) is 0 Å².